The number of hydrogen-bond donors (Lipinski definition) is 4. The number of amides is 2. The van der Waals surface area contributed by atoms with E-state index in [4.69, 9.17) is 4.74 Å². The third-order valence-electron chi connectivity index (χ3n) is 19.0. The Morgan fingerprint density at radius 2 is 1.64 bits per heavy atom. The monoisotopic (exact) mass is 839 g/mol. The highest BCUT2D eigenvalue weighted by molar-refractivity contribution is 5.94. The lowest BCUT2D eigenvalue weighted by Gasteiger charge is -2.73. The molecular formula is C51H74N4O6. The van der Waals surface area contributed by atoms with Gasteiger partial charge in [0.15, 0.2) is 0 Å². The zero-order valence-electron chi connectivity index (χ0n) is 38.2. The first-order valence-electron chi connectivity index (χ1n) is 23.7. The molecule has 2 heterocycles. The number of aromatic nitrogens is 1. The first kappa shape index (κ1) is 44.3. The summed E-state index contributed by atoms with van der Waals surface area (Å²) in [6.45, 7) is 18.0. The molecule has 6 fully saturated rings. The molecule has 2 amide bonds. The van der Waals surface area contributed by atoms with Crippen LogP contribution < -0.4 is 10.6 Å². The summed E-state index contributed by atoms with van der Waals surface area (Å²) in [5.74, 6) is 1.07. The second-order valence-electron chi connectivity index (χ2n) is 22.1. The van der Waals surface area contributed by atoms with Gasteiger partial charge < -0.3 is 30.5 Å². The van der Waals surface area contributed by atoms with Crippen LogP contribution in [0.5, 0.6) is 0 Å². The predicted octanol–water partition coefficient (Wildman–Crippen LogP) is 7.75. The maximum Gasteiger partial charge on any atom is 0.339 e. The Labute approximate surface area is 364 Å². The Morgan fingerprint density at radius 1 is 0.869 bits per heavy atom. The fourth-order valence-electron chi connectivity index (χ4n) is 15.6. The van der Waals surface area contributed by atoms with Crippen molar-refractivity contribution in [3.05, 3.63) is 65.0 Å². The Balaban J connectivity index is 0.994. The molecule has 5 saturated carbocycles. The van der Waals surface area contributed by atoms with Gasteiger partial charge in [-0.2, -0.15) is 0 Å². The number of aliphatic hydroxyl groups excluding tert-OH is 1. The summed E-state index contributed by atoms with van der Waals surface area (Å²) >= 11 is 0. The minimum atomic E-state index is -0.885. The van der Waals surface area contributed by atoms with Crippen LogP contribution in [0.15, 0.2) is 42.6 Å². The number of benzene rings is 1. The molecule has 8 rings (SSSR count). The van der Waals surface area contributed by atoms with Crippen LogP contribution in [0.2, 0.25) is 0 Å². The summed E-state index contributed by atoms with van der Waals surface area (Å²) in [5.41, 5.74) is 1.36. The van der Waals surface area contributed by atoms with Crippen LogP contribution in [0.4, 0.5) is 0 Å². The summed E-state index contributed by atoms with van der Waals surface area (Å²) in [4.78, 5) is 46.7. The van der Waals surface area contributed by atoms with Gasteiger partial charge in [0.2, 0.25) is 5.91 Å². The molecule has 1 aliphatic heterocycles. The molecule has 5 aliphatic carbocycles. The maximum absolute atomic E-state index is 15.0. The lowest BCUT2D eigenvalue weighted by molar-refractivity contribution is -0.251. The number of carbonyl (C=O) groups excluding carboxylic acids is 3. The minimum Gasteiger partial charge on any atom is -0.465 e. The molecule has 1 saturated heterocycles. The number of aliphatic hydroxyl groups is 2. The molecule has 2 aromatic rings. The van der Waals surface area contributed by atoms with Crippen LogP contribution >= 0.6 is 0 Å². The topological polar surface area (TPSA) is 141 Å². The van der Waals surface area contributed by atoms with Crippen molar-refractivity contribution >= 4 is 17.8 Å². The Kier molecular flexibility index (Phi) is 11.9. The Hall–Kier alpha value is -3.34. The number of likely N-dealkylation sites (tertiary alicyclic amines) is 1. The van der Waals surface area contributed by atoms with Crippen LogP contribution in [0.1, 0.15) is 151 Å². The number of esters is 1. The van der Waals surface area contributed by atoms with E-state index in [9.17, 15) is 19.8 Å². The van der Waals surface area contributed by atoms with Crippen molar-refractivity contribution < 1.29 is 29.3 Å². The van der Waals surface area contributed by atoms with Crippen LogP contribution in [-0.2, 0) is 22.5 Å². The summed E-state index contributed by atoms with van der Waals surface area (Å²) in [6.07, 6.45) is 14.3. The highest BCUT2D eigenvalue weighted by Crippen LogP contribution is 2.77. The number of fused-ring (bicyclic) bond motifs is 7. The maximum atomic E-state index is 15.0. The zero-order chi connectivity index (χ0) is 43.6. The van der Waals surface area contributed by atoms with Gasteiger partial charge in [-0.25, -0.2) is 4.79 Å². The number of ether oxygens (including phenoxy) is 1. The standard InChI is InChI=1S/C51H74N4O6/c1-46(2)39-18-22-49(5)40(47(39,3)21-19-41(46)56)16-15-37-42-38(50(6,60)32-55-27-8-9-28-55)17-23-51(42,25-24-48(37,49)4)45(59)52-26-20-33-11-10-12-34(29-33)43(57)54-31-36-14-13-35(30-53-36)44(58)61-7/h10-14,29-30,37-42,56,60H,8-9,15-28,31-32H2,1-7H3,(H,52,59)(H,54,57)/t37?,38-,39?,40?,41+,42?,47+,48-,49-,50?,51+/m1/s1. The van der Waals surface area contributed by atoms with Crippen molar-refractivity contribution in [1.29, 1.82) is 0 Å². The Bertz CT molecular complexity index is 1960. The minimum absolute atomic E-state index is 0.0500. The predicted molar refractivity (Wildman–Crippen MR) is 236 cm³/mol. The van der Waals surface area contributed by atoms with Gasteiger partial charge in [-0.1, -0.05) is 46.8 Å². The quantitative estimate of drug-likeness (QED) is 0.169. The average Bonchev–Trinajstić information content (AvgIpc) is 3.90. The Morgan fingerprint density at radius 3 is 2.36 bits per heavy atom. The molecule has 0 radical (unpaired) electrons. The van der Waals surface area contributed by atoms with Crippen molar-refractivity contribution in [3.63, 3.8) is 0 Å². The van der Waals surface area contributed by atoms with Crippen molar-refractivity contribution in [2.24, 2.45) is 56.7 Å². The first-order chi connectivity index (χ1) is 28.9. The molecule has 11 atom stereocenters. The largest absolute Gasteiger partial charge is 0.465 e. The molecule has 61 heavy (non-hydrogen) atoms. The van der Waals surface area contributed by atoms with Crippen molar-refractivity contribution in [1.82, 2.24) is 20.5 Å². The number of methoxy groups -OCH3 is 1. The van der Waals surface area contributed by atoms with E-state index in [0.29, 0.717) is 54.1 Å². The molecule has 10 heteroatoms. The van der Waals surface area contributed by atoms with E-state index in [0.717, 1.165) is 76.4 Å². The molecule has 1 aromatic heterocycles. The van der Waals surface area contributed by atoms with Gasteiger partial charge in [0.25, 0.3) is 5.91 Å². The van der Waals surface area contributed by atoms with E-state index in [1.54, 1.807) is 18.2 Å². The van der Waals surface area contributed by atoms with E-state index in [2.05, 4.69) is 62.1 Å². The van der Waals surface area contributed by atoms with Crippen molar-refractivity contribution in [2.75, 3.05) is 33.3 Å². The summed E-state index contributed by atoms with van der Waals surface area (Å²) in [6, 6.07) is 10.9. The molecule has 10 nitrogen and oxygen atoms in total. The normalized spacial score (nSPS) is 37.6. The third kappa shape index (κ3) is 7.46. The molecule has 0 spiro atoms. The van der Waals surface area contributed by atoms with Crippen molar-refractivity contribution in [2.45, 2.75) is 143 Å². The molecule has 5 unspecified atom stereocenters. The number of hydrogen-bond acceptors (Lipinski definition) is 8. The smallest absolute Gasteiger partial charge is 0.339 e. The highest BCUT2D eigenvalue weighted by Gasteiger charge is 2.72. The van der Waals surface area contributed by atoms with Crippen LogP contribution in [-0.4, -0.2) is 82.9 Å². The molecule has 6 aliphatic rings. The summed E-state index contributed by atoms with van der Waals surface area (Å²) in [7, 11) is 1.33. The van der Waals surface area contributed by atoms with Gasteiger partial charge >= 0.3 is 5.97 Å². The van der Waals surface area contributed by atoms with Gasteiger partial charge in [0.05, 0.1) is 42.0 Å². The number of nitrogens with one attached hydrogen (secondary N) is 2. The lowest BCUT2D eigenvalue weighted by atomic mass is 9.32. The summed E-state index contributed by atoms with van der Waals surface area (Å²) < 4.78 is 4.75. The van der Waals surface area contributed by atoms with Crippen molar-refractivity contribution in [3.8, 4) is 0 Å². The number of β-amino-alcohol motifs (C(OH)–C–C–N with tert-alkyl or cyclic N) is 1. The first-order valence-corrected chi connectivity index (χ1v) is 23.7. The molecule has 4 N–H and O–H groups in total. The van der Waals surface area contributed by atoms with Crippen LogP contribution in [0.3, 0.4) is 0 Å². The van der Waals surface area contributed by atoms with Gasteiger partial charge in [-0.3, -0.25) is 14.6 Å². The molecule has 334 valence electrons. The van der Waals surface area contributed by atoms with Crippen LogP contribution in [0.25, 0.3) is 0 Å². The molecule has 1 aromatic carbocycles. The molecule has 0 bridgehead atoms. The second kappa shape index (κ2) is 16.3. The fourth-order valence-corrected chi connectivity index (χ4v) is 15.6. The fraction of sp³-hybridized carbons (Fsp3) is 0.725. The third-order valence-corrected chi connectivity index (χ3v) is 19.0. The van der Waals surface area contributed by atoms with Gasteiger partial charge in [-0.05, 0) is 185 Å². The van der Waals surface area contributed by atoms with E-state index in [1.807, 2.05) is 18.2 Å². The number of rotatable bonds is 11. The average molecular weight is 839 g/mol. The number of nitrogens with zero attached hydrogens (tertiary/aromatic N) is 2. The van der Waals surface area contributed by atoms with Gasteiger partial charge in [0.1, 0.15) is 0 Å². The van der Waals surface area contributed by atoms with E-state index in [1.165, 1.54) is 32.6 Å². The SMILES string of the molecule is COC(=O)c1ccc(CNC(=O)c2cccc(CCNC(=O)[C@]34CC[C@@H](C(C)(O)CN5CCCC5)C3C3CCC5[C@@]6(C)CC[C@H](O)C(C)(C)C6CC[C@@]5(C)[C@]3(C)CC4)c2)nc1. The number of carbonyl (C=O) groups is 3. The van der Waals surface area contributed by atoms with E-state index in [-0.39, 0.29) is 58.0 Å². The lowest BCUT2D eigenvalue weighted by Crippen LogP contribution is -2.68. The van der Waals surface area contributed by atoms with Gasteiger partial charge in [-0.15, -0.1) is 0 Å². The second-order valence-corrected chi connectivity index (χ2v) is 22.1. The van der Waals surface area contributed by atoms with E-state index >= 15 is 4.79 Å². The molecular weight excluding hydrogens is 765 g/mol. The van der Waals surface area contributed by atoms with E-state index < -0.39 is 17.0 Å². The highest BCUT2D eigenvalue weighted by atomic mass is 16.5. The summed E-state index contributed by atoms with van der Waals surface area (Å²) in [5, 5.41) is 30.3. The van der Waals surface area contributed by atoms with Gasteiger partial charge in [0, 0.05) is 24.8 Å². The number of pyridine rings is 1. The zero-order valence-corrected chi connectivity index (χ0v) is 38.2. The van der Waals surface area contributed by atoms with Crippen LogP contribution in [0, 0.1) is 56.7 Å².